The Morgan fingerprint density at radius 2 is 2.04 bits per heavy atom. The van der Waals surface area contributed by atoms with E-state index in [0.717, 1.165) is 30.7 Å². The van der Waals surface area contributed by atoms with Crippen LogP contribution in [0.25, 0.3) is 0 Å². The van der Waals surface area contributed by atoms with Crippen LogP contribution in [0, 0.1) is 0 Å². The Labute approximate surface area is 147 Å². The highest BCUT2D eigenvalue weighted by Crippen LogP contribution is 2.39. The highest BCUT2D eigenvalue weighted by Gasteiger charge is 2.33. The van der Waals surface area contributed by atoms with E-state index in [2.05, 4.69) is 12.1 Å². The summed E-state index contributed by atoms with van der Waals surface area (Å²) in [5, 5.41) is 0. The number of nitrogens with zero attached hydrogens (tertiary/aromatic N) is 1. The molecule has 1 saturated heterocycles. The molecule has 0 N–H and O–H groups in total. The lowest BCUT2D eigenvalue weighted by molar-refractivity contribution is 0.0731. The van der Waals surface area contributed by atoms with E-state index < -0.39 is 0 Å². The van der Waals surface area contributed by atoms with Gasteiger partial charge in [0.2, 0.25) is 6.79 Å². The Bertz CT molecular complexity index is 772. The third-order valence-electron chi connectivity index (χ3n) is 4.72. The topological polar surface area (TPSA) is 48.0 Å². The largest absolute Gasteiger partial charge is 0.494 e. The van der Waals surface area contributed by atoms with Crippen molar-refractivity contribution >= 4 is 5.91 Å². The fourth-order valence-corrected chi connectivity index (χ4v) is 3.56. The fraction of sp³-hybridized carbons (Fsp3) is 0.350. The fourth-order valence-electron chi connectivity index (χ4n) is 3.56. The number of carbonyl (C=O) groups is 1. The molecule has 0 aromatic heterocycles. The molecule has 2 aromatic carbocycles. The van der Waals surface area contributed by atoms with Gasteiger partial charge in [-0.15, -0.1) is 0 Å². The number of likely N-dealkylation sites (tertiary alicyclic amines) is 1. The molecule has 0 aliphatic carbocycles. The van der Waals surface area contributed by atoms with Gasteiger partial charge < -0.3 is 19.1 Å². The number of rotatable bonds is 4. The number of para-hydroxylation sites is 1. The normalized spacial score (nSPS) is 18.4. The van der Waals surface area contributed by atoms with E-state index in [9.17, 15) is 4.79 Å². The van der Waals surface area contributed by atoms with E-state index in [0.29, 0.717) is 23.7 Å². The lowest BCUT2D eigenvalue weighted by Gasteiger charge is -2.25. The molecule has 1 amide bonds. The minimum Gasteiger partial charge on any atom is -0.494 e. The summed E-state index contributed by atoms with van der Waals surface area (Å²) < 4.78 is 16.4. The van der Waals surface area contributed by atoms with Gasteiger partial charge in [0.15, 0.2) is 11.5 Å². The second kappa shape index (κ2) is 6.67. The van der Waals surface area contributed by atoms with E-state index >= 15 is 0 Å². The Hall–Kier alpha value is -2.69. The van der Waals surface area contributed by atoms with Crippen LogP contribution < -0.4 is 14.2 Å². The van der Waals surface area contributed by atoms with Crippen molar-refractivity contribution in [1.82, 2.24) is 4.90 Å². The third-order valence-corrected chi connectivity index (χ3v) is 4.72. The van der Waals surface area contributed by atoms with Crippen LogP contribution in [0.3, 0.4) is 0 Å². The maximum atomic E-state index is 13.1. The van der Waals surface area contributed by atoms with Gasteiger partial charge in [0, 0.05) is 6.54 Å². The number of benzene rings is 2. The first kappa shape index (κ1) is 15.8. The van der Waals surface area contributed by atoms with Crippen molar-refractivity contribution in [1.29, 1.82) is 0 Å². The first-order valence-corrected chi connectivity index (χ1v) is 8.70. The molecule has 5 nitrogen and oxygen atoms in total. The average molecular weight is 339 g/mol. The van der Waals surface area contributed by atoms with Crippen LogP contribution in [-0.4, -0.2) is 30.8 Å². The van der Waals surface area contributed by atoms with Crippen LogP contribution in [0.4, 0.5) is 0 Å². The lowest BCUT2D eigenvalue weighted by atomic mass is 10.0. The second-order valence-electron chi connectivity index (χ2n) is 6.20. The Morgan fingerprint density at radius 1 is 1.20 bits per heavy atom. The molecule has 4 rings (SSSR count). The van der Waals surface area contributed by atoms with Crippen molar-refractivity contribution in [2.75, 3.05) is 19.9 Å². The van der Waals surface area contributed by atoms with Gasteiger partial charge in [-0.25, -0.2) is 0 Å². The van der Waals surface area contributed by atoms with Crippen LogP contribution in [0.2, 0.25) is 0 Å². The van der Waals surface area contributed by atoms with Crippen molar-refractivity contribution < 1.29 is 19.0 Å². The summed E-state index contributed by atoms with van der Waals surface area (Å²) in [6.07, 6.45) is 1.96. The zero-order chi connectivity index (χ0) is 17.2. The zero-order valence-electron chi connectivity index (χ0n) is 14.2. The standard InChI is InChI=1S/C20H21NO4/c1-2-23-15-10-8-14(9-11-15)17-6-4-12-21(17)20(22)16-5-3-7-18-19(16)25-13-24-18/h3,5,7-11,17H,2,4,6,12-13H2,1H3/t17-/m0/s1. The molecule has 5 heteroatoms. The quantitative estimate of drug-likeness (QED) is 0.850. The Balaban J connectivity index is 1.59. The second-order valence-corrected chi connectivity index (χ2v) is 6.20. The molecule has 0 spiro atoms. The molecule has 0 bridgehead atoms. The van der Waals surface area contributed by atoms with Gasteiger partial charge >= 0.3 is 0 Å². The summed E-state index contributed by atoms with van der Waals surface area (Å²) in [5.41, 5.74) is 1.71. The molecule has 2 heterocycles. The molecule has 0 unspecified atom stereocenters. The van der Waals surface area contributed by atoms with Gasteiger partial charge in [-0.1, -0.05) is 18.2 Å². The number of hydrogen-bond donors (Lipinski definition) is 0. The van der Waals surface area contributed by atoms with Crippen molar-refractivity contribution in [2.45, 2.75) is 25.8 Å². The number of carbonyl (C=O) groups excluding carboxylic acids is 1. The van der Waals surface area contributed by atoms with Crippen molar-refractivity contribution in [3.05, 3.63) is 53.6 Å². The molecule has 130 valence electrons. The summed E-state index contributed by atoms with van der Waals surface area (Å²) in [6.45, 7) is 3.53. The van der Waals surface area contributed by atoms with Crippen molar-refractivity contribution in [3.63, 3.8) is 0 Å². The van der Waals surface area contributed by atoms with Gasteiger partial charge in [-0.05, 0) is 49.6 Å². The number of ether oxygens (including phenoxy) is 3. The Kier molecular flexibility index (Phi) is 4.22. The minimum atomic E-state index is -0.00117. The van der Waals surface area contributed by atoms with Gasteiger partial charge in [0.05, 0.1) is 18.2 Å². The van der Waals surface area contributed by atoms with Crippen LogP contribution >= 0.6 is 0 Å². The van der Waals surface area contributed by atoms with E-state index in [4.69, 9.17) is 14.2 Å². The van der Waals surface area contributed by atoms with E-state index in [1.54, 1.807) is 0 Å². The van der Waals surface area contributed by atoms with Crippen LogP contribution in [-0.2, 0) is 0 Å². The molecular weight excluding hydrogens is 318 g/mol. The maximum Gasteiger partial charge on any atom is 0.258 e. The number of hydrogen-bond acceptors (Lipinski definition) is 4. The highest BCUT2D eigenvalue weighted by atomic mass is 16.7. The monoisotopic (exact) mass is 339 g/mol. The van der Waals surface area contributed by atoms with Gasteiger partial charge in [-0.2, -0.15) is 0 Å². The summed E-state index contributed by atoms with van der Waals surface area (Å²) in [5.74, 6) is 2.06. The molecule has 2 aliphatic heterocycles. The molecule has 25 heavy (non-hydrogen) atoms. The molecule has 0 radical (unpaired) electrons. The molecule has 2 aliphatic rings. The minimum absolute atomic E-state index is 0.00117. The predicted molar refractivity (Wildman–Crippen MR) is 93.2 cm³/mol. The molecule has 1 fully saturated rings. The van der Waals surface area contributed by atoms with Crippen molar-refractivity contribution in [2.24, 2.45) is 0 Å². The third kappa shape index (κ3) is 2.90. The van der Waals surface area contributed by atoms with Gasteiger partial charge in [0.25, 0.3) is 5.91 Å². The smallest absolute Gasteiger partial charge is 0.258 e. The number of fused-ring (bicyclic) bond motifs is 1. The van der Waals surface area contributed by atoms with E-state index in [1.165, 1.54) is 0 Å². The zero-order valence-corrected chi connectivity index (χ0v) is 14.2. The number of amides is 1. The maximum absolute atomic E-state index is 13.1. The van der Waals surface area contributed by atoms with E-state index in [1.807, 2.05) is 42.2 Å². The molecule has 2 aromatic rings. The summed E-state index contributed by atoms with van der Waals surface area (Å²) >= 11 is 0. The highest BCUT2D eigenvalue weighted by molar-refractivity contribution is 5.98. The van der Waals surface area contributed by atoms with Crippen molar-refractivity contribution in [3.8, 4) is 17.2 Å². The van der Waals surface area contributed by atoms with Crippen LogP contribution in [0.15, 0.2) is 42.5 Å². The molecule has 1 atom stereocenters. The SMILES string of the molecule is CCOc1ccc([C@@H]2CCCN2C(=O)c2cccc3c2OCO3)cc1. The van der Waals surface area contributed by atoms with Crippen LogP contribution in [0.1, 0.15) is 41.7 Å². The van der Waals surface area contributed by atoms with E-state index in [-0.39, 0.29) is 18.7 Å². The molecular formula is C20H21NO4. The molecule has 0 saturated carbocycles. The summed E-state index contributed by atoms with van der Waals surface area (Å²) in [6, 6.07) is 13.6. The lowest BCUT2D eigenvalue weighted by Crippen LogP contribution is -2.30. The average Bonchev–Trinajstić information content (AvgIpc) is 3.31. The van der Waals surface area contributed by atoms with Gasteiger partial charge in [-0.3, -0.25) is 4.79 Å². The first-order valence-electron chi connectivity index (χ1n) is 8.70. The van der Waals surface area contributed by atoms with Crippen LogP contribution in [0.5, 0.6) is 17.2 Å². The summed E-state index contributed by atoms with van der Waals surface area (Å²) in [4.78, 5) is 15.1. The van der Waals surface area contributed by atoms with Gasteiger partial charge in [0.1, 0.15) is 5.75 Å². The first-order chi connectivity index (χ1) is 12.3. The predicted octanol–water partition coefficient (Wildman–Crippen LogP) is 3.79. The Morgan fingerprint density at radius 3 is 2.84 bits per heavy atom. The summed E-state index contributed by atoms with van der Waals surface area (Å²) in [7, 11) is 0.